The molecule has 0 spiro atoms. The molecule has 16 heavy (non-hydrogen) atoms. The normalized spacial score (nSPS) is 14.1. The maximum Gasteiger partial charge on any atom is 0.159 e. The summed E-state index contributed by atoms with van der Waals surface area (Å²) < 4.78 is 0. The van der Waals surface area contributed by atoms with Crippen LogP contribution in [0.25, 0.3) is 6.20 Å². The molecular formula is C12H18N4. The molecule has 1 aromatic rings. The van der Waals surface area contributed by atoms with Crippen molar-refractivity contribution in [3.63, 3.8) is 0 Å². The van der Waals surface area contributed by atoms with Crippen LogP contribution in [0.15, 0.2) is 17.3 Å². The highest BCUT2D eigenvalue weighted by Crippen LogP contribution is 2.00. The van der Waals surface area contributed by atoms with Crippen LogP contribution in [0.2, 0.25) is 0 Å². The molecule has 86 valence electrons. The van der Waals surface area contributed by atoms with Crippen LogP contribution in [-0.4, -0.2) is 29.1 Å². The molecule has 2 heterocycles. The molecule has 1 aliphatic heterocycles. The summed E-state index contributed by atoms with van der Waals surface area (Å²) in [4.78, 5) is 10.9. The molecule has 4 nitrogen and oxygen atoms in total. The van der Waals surface area contributed by atoms with Crippen molar-refractivity contribution < 1.29 is 0 Å². The molecule has 0 bridgehead atoms. The van der Waals surface area contributed by atoms with Crippen LogP contribution < -0.4 is 16.0 Å². The number of nitrogens with one attached hydrogen (secondary N) is 1. The van der Waals surface area contributed by atoms with Gasteiger partial charge in [-0.05, 0) is 26.8 Å². The van der Waals surface area contributed by atoms with Crippen molar-refractivity contribution in [2.24, 2.45) is 4.99 Å². The number of rotatable bonds is 3. The Kier molecular flexibility index (Phi) is 3.08. The number of hydrogen-bond acceptors (Lipinski definition) is 4. The monoisotopic (exact) mass is 218 g/mol. The van der Waals surface area contributed by atoms with Crippen LogP contribution in [-0.2, 0) is 0 Å². The van der Waals surface area contributed by atoms with Gasteiger partial charge < -0.3 is 10.2 Å². The van der Waals surface area contributed by atoms with Gasteiger partial charge in [-0.1, -0.05) is 0 Å². The van der Waals surface area contributed by atoms with E-state index < -0.39 is 0 Å². The standard InChI is InChI=1S/C12H18N4/c1-4-16-7-10-11(15-9(2)3)5-6-13-12(10)14-8-16/h5-7,9,15H,4,8H2,1-3H3. The maximum absolute atomic E-state index is 4.46. The predicted molar refractivity (Wildman–Crippen MR) is 65.5 cm³/mol. The third-order valence-electron chi connectivity index (χ3n) is 2.53. The first-order chi connectivity index (χ1) is 7.70. The average Bonchev–Trinajstić information content (AvgIpc) is 2.28. The van der Waals surface area contributed by atoms with E-state index in [1.165, 1.54) is 0 Å². The van der Waals surface area contributed by atoms with Crippen LogP contribution in [0.3, 0.4) is 0 Å². The quantitative estimate of drug-likeness (QED) is 0.805. The van der Waals surface area contributed by atoms with Gasteiger partial charge in [0.25, 0.3) is 0 Å². The van der Waals surface area contributed by atoms with Crippen molar-refractivity contribution in [2.45, 2.75) is 26.8 Å². The van der Waals surface area contributed by atoms with Gasteiger partial charge in [0.15, 0.2) is 5.49 Å². The van der Waals surface area contributed by atoms with E-state index in [0.717, 1.165) is 22.9 Å². The smallest absolute Gasteiger partial charge is 0.159 e. The summed E-state index contributed by atoms with van der Waals surface area (Å²) in [5.74, 6) is 0. The Morgan fingerprint density at radius 1 is 1.50 bits per heavy atom. The molecular weight excluding hydrogens is 200 g/mol. The van der Waals surface area contributed by atoms with Gasteiger partial charge in [0, 0.05) is 30.7 Å². The fourth-order valence-electron chi connectivity index (χ4n) is 1.72. The third kappa shape index (κ3) is 2.15. The third-order valence-corrected chi connectivity index (χ3v) is 2.53. The summed E-state index contributed by atoms with van der Waals surface area (Å²) in [6, 6.07) is 2.42. The molecule has 0 aromatic carbocycles. The summed E-state index contributed by atoms with van der Waals surface area (Å²) >= 11 is 0. The van der Waals surface area contributed by atoms with E-state index in [-0.39, 0.29) is 0 Å². The molecule has 0 radical (unpaired) electrons. The summed E-state index contributed by atoms with van der Waals surface area (Å²) in [5, 5.41) is 4.52. The molecule has 0 saturated carbocycles. The van der Waals surface area contributed by atoms with E-state index >= 15 is 0 Å². The van der Waals surface area contributed by atoms with Crippen LogP contribution in [0.1, 0.15) is 20.8 Å². The lowest BCUT2D eigenvalue weighted by Gasteiger charge is -2.19. The lowest BCUT2D eigenvalue weighted by molar-refractivity contribution is 0.433. The van der Waals surface area contributed by atoms with E-state index in [2.05, 4.69) is 47.2 Å². The zero-order chi connectivity index (χ0) is 11.5. The Labute approximate surface area is 95.7 Å². The van der Waals surface area contributed by atoms with Gasteiger partial charge in [-0.3, -0.25) is 0 Å². The van der Waals surface area contributed by atoms with Gasteiger partial charge in [-0.15, -0.1) is 0 Å². The molecule has 1 N–H and O–H groups in total. The van der Waals surface area contributed by atoms with Crippen molar-refractivity contribution in [1.82, 2.24) is 9.88 Å². The predicted octanol–water partition coefficient (Wildman–Crippen LogP) is 0.552. The van der Waals surface area contributed by atoms with Gasteiger partial charge in [0.1, 0.15) is 6.67 Å². The second-order valence-electron chi connectivity index (χ2n) is 4.23. The molecule has 0 fully saturated rings. The van der Waals surface area contributed by atoms with Gasteiger partial charge in [0.2, 0.25) is 0 Å². The van der Waals surface area contributed by atoms with E-state index in [4.69, 9.17) is 0 Å². The zero-order valence-electron chi connectivity index (χ0n) is 10.1. The number of fused-ring (bicyclic) bond motifs is 1. The number of aromatic nitrogens is 1. The molecule has 2 rings (SSSR count). The van der Waals surface area contributed by atoms with E-state index in [1.807, 2.05) is 12.3 Å². The van der Waals surface area contributed by atoms with Crippen LogP contribution >= 0.6 is 0 Å². The number of anilines is 1. The van der Waals surface area contributed by atoms with Crippen molar-refractivity contribution >= 4 is 11.9 Å². The first-order valence-corrected chi connectivity index (χ1v) is 5.72. The van der Waals surface area contributed by atoms with Crippen molar-refractivity contribution in [3.8, 4) is 0 Å². The minimum Gasteiger partial charge on any atom is -0.382 e. The lowest BCUT2D eigenvalue weighted by atomic mass is 10.2. The summed E-state index contributed by atoms with van der Waals surface area (Å²) in [5.41, 5.74) is 1.96. The summed E-state index contributed by atoms with van der Waals surface area (Å²) in [6.07, 6.45) is 3.95. The van der Waals surface area contributed by atoms with Gasteiger partial charge in [-0.25, -0.2) is 9.98 Å². The SMILES string of the molecule is CCN1C=c2c(NC(C)C)ccnc2=NC1. The number of nitrogens with zero attached hydrogens (tertiary/aromatic N) is 3. The Hall–Kier alpha value is -1.58. The molecule has 4 heteroatoms. The minimum absolute atomic E-state index is 0.414. The average molecular weight is 218 g/mol. The fraction of sp³-hybridized carbons (Fsp3) is 0.500. The second kappa shape index (κ2) is 4.51. The van der Waals surface area contributed by atoms with Crippen molar-refractivity contribution in [2.75, 3.05) is 18.5 Å². The molecule has 1 aromatic heterocycles. The number of hydrogen-bond donors (Lipinski definition) is 1. The maximum atomic E-state index is 4.46. The van der Waals surface area contributed by atoms with Crippen LogP contribution in [0.4, 0.5) is 5.69 Å². The van der Waals surface area contributed by atoms with Crippen molar-refractivity contribution in [1.29, 1.82) is 0 Å². The zero-order valence-corrected chi connectivity index (χ0v) is 10.1. The summed E-state index contributed by atoms with van der Waals surface area (Å²) in [6.45, 7) is 8.07. The topological polar surface area (TPSA) is 40.5 Å². The molecule has 0 atom stereocenters. The molecule has 0 saturated heterocycles. The highest BCUT2D eigenvalue weighted by atomic mass is 15.2. The molecule has 0 amide bonds. The highest BCUT2D eigenvalue weighted by molar-refractivity contribution is 5.47. The first kappa shape index (κ1) is 10.9. The van der Waals surface area contributed by atoms with Crippen molar-refractivity contribution in [3.05, 3.63) is 23.0 Å². The van der Waals surface area contributed by atoms with Crippen LogP contribution in [0.5, 0.6) is 0 Å². The molecule has 1 aliphatic rings. The second-order valence-corrected chi connectivity index (χ2v) is 4.23. The Morgan fingerprint density at radius 3 is 3.00 bits per heavy atom. The van der Waals surface area contributed by atoms with Gasteiger partial charge >= 0.3 is 0 Å². The molecule has 0 aliphatic carbocycles. The minimum atomic E-state index is 0.414. The number of pyridine rings is 1. The Balaban J connectivity index is 2.49. The largest absolute Gasteiger partial charge is 0.382 e. The van der Waals surface area contributed by atoms with E-state index in [9.17, 15) is 0 Å². The first-order valence-electron chi connectivity index (χ1n) is 5.72. The fourth-order valence-corrected chi connectivity index (χ4v) is 1.72. The lowest BCUT2D eigenvalue weighted by Crippen LogP contribution is -2.40. The summed E-state index contributed by atoms with van der Waals surface area (Å²) in [7, 11) is 0. The highest BCUT2D eigenvalue weighted by Gasteiger charge is 2.06. The molecule has 0 unspecified atom stereocenters. The Bertz CT molecular complexity index is 478. The Morgan fingerprint density at radius 2 is 2.31 bits per heavy atom. The van der Waals surface area contributed by atoms with Crippen LogP contribution in [0, 0.1) is 0 Å². The van der Waals surface area contributed by atoms with E-state index in [1.54, 1.807) is 0 Å². The van der Waals surface area contributed by atoms with E-state index in [0.29, 0.717) is 12.7 Å². The van der Waals surface area contributed by atoms with Gasteiger partial charge in [0.05, 0.1) is 5.22 Å². The van der Waals surface area contributed by atoms with Gasteiger partial charge in [-0.2, -0.15) is 0 Å².